The van der Waals surface area contributed by atoms with E-state index in [1.807, 2.05) is 20.8 Å². The zero-order valence-electron chi connectivity index (χ0n) is 11.6. The first kappa shape index (κ1) is 18.2. The molecular formula is C12H15Cl2FN2O3S. The maximum Gasteiger partial charge on any atom is 0.252 e. The lowest BCUT2D eigenvalue weighted by molar-refractivity contribution is 0.0939. The Balaban J connectivity index is 3.33. The molecule has 118 valence electrons. The van der Waals surface area contributed by atoms with Crippen LogP contribution in [0.4, 0.5) is 4.39 Å². The molecule has 0 saturated heterocycles. The molecule has 21 heavy (non-hydrogen) atoms. The first-order chi connectivity index (χ1) is 9.34. The molecule has 0 atom stereocenters. The van der Waals surface area contributed by atoms with Gasteiger partial charge in [-0.25, -0.2) is 17.9 Å². The van der Waals surface area contributed by atoms with Crippen LogP contribution in [-0.4, -0.2) is 20.9 Å². The Bertz CT molecular complexity index is 685. The van der Waals surface area contributed by atoms with Gasteiger partial charge in [-0.1, -0.05) is 44.0 Å². The molecule has 1 aromatic rings. The molecule has 0 aliphatic carbocycles. The van der Waals surface area contributed by atoms with E-state index in [-0.39, 0.29) is 17.5 Å². The molecule has 0 saturated carbocycles. The van der Waals surface area contributed by atoms with Crippen LogP contribution >= 0.6 is 23.2 Å². The van der Waals surface area contributed by atoms with Gasteiger partial charge in [-0.3, -0.25) is 4.79 Å². The van der Waals surface area contributed by atoms with Gasteiger partial charge in [-0.2, -0.15) is 0 Å². The number of primary sulfonamides is 1. The van der Waals surface area contributed by atoms with Gasteiger partial charge in [0.1, 0.15) is 10.7 Å². The van der Waals surface area contributed by atoms with Crippen LogP contribution in [0.25, 0.3) is 0 Å². The lowest BCUT2D eigenvalue weighted by Gasteiger charge is -2.19. The molecule has 9 heteroatoms. The average Bonchev–Trinajstić information content (AvgIpc) is 2.28. The summed E-state index contributed by atoms with van der Waals surface area (Å²) in [6.07, 6.45) is 0. The summed E-state index contributed by atoms with van der Waals surface area (Å²) < 4.78 is 36.6. The van der Waals surface area contributed by atoms with Gasteiger partial charge < -0.3 is 5.32 Å². The van der Waals surface area contributed by atoms with Crippen LogP contribution in [0.2, 0.25) is 10.0 Å². The summed E-state index contributed by atoms with van der Waals surface area (Å²) in [5, 5.41) is 6.24. The Morgan fingerprint density at radius 3 is 2.29 bits per heavy atom. The molecule has 3 N–H and O–H groups in total. The standard InChI is InChI=1S/C12H15Cl2FN2O3S/c1-12(2,3)5-17-11(18)6-4-7(15)9(14)10(8(6)13)21(16,19)20/h4H,5H2,1-3H3,(H,17,18)(H2,16,19,20). The Morgan fingerprint density at radius 2 is 1.86 bits per heavy atom. The van der Waals surface area contributed by atoms with Crippen LogP contribution in [0.3, 0.4) is 0 Å². The van der Waals surface area contributed by atoms with Crippen molar-refractivity contribution in [3.63, 3.8) is 0 Å². The van der Waals surface area contributed by atoms with Gasteiger partial charge in [0, 0.05) is 6.54 Å². The summed E-state index contributed by atoms with van der Waals surface area (Å²) in [6.45, 7) is 5.93. The molecule has 0 spiro atoms. The lowest BCUT2D eigenvalue weighted by Crippen LogP contribution is -2.32. The summed E-state index contributed by atoms with van der Waals surface area (Å²) in [7, 11) is -4.37. The average molecular weight is 357 g/mol. The van der Waals surface area contributed by atoms with Crippen molar-refractivity contribution < 1.29 is 17.6 Å². The number of amides is 1. The maximum atomic E-state index is 13.7. The summed E-state index contributed by atoms with van der Waals surface area (Å²) in [5.74, 6) is -1.80. The summed E-state index contributed by atoms with van der Waals surface area (Å²) in [4.78, 5) is 11.2. The van der Waals surface area contributed by atoms with Crippen molar-refractivity contribution in [2.24, 2.45) is 10.6 Å². The van der Waals surface area contributed by atoms with Crippen molar-refractivity contribution in [2.75, 3.05) is 6.54 Å². The van der Waals surface area contributed by atoms with Crippen molar-refractivity contribution in [3.8, 4) is 0 Å². The van der Waals surface area contributed by atoms with Crippen LogP contribution in [0.1, 0.15) is 31.1 Å². The van der Waals surface area contributed by atoms with Crippen LogP contribution < -0.4 is 10.5 Å². The summed E-state index contributed by atoms with van der Waals surface area (Å²) in [6, 6.07) is 0.775. The molecule has 0 radical (unpaired) electrons. The quantitative estimate of drug-likeness (QED) is 0.815. The van der Waals surface area contributed by atoms with Crippen LogP contribution in [0.15, 0.2) is 11.0 Å². The first-order valence-electron chi connectivity index (χ1n) is 5.83. The third-order valence-electron chi connectivity index (χ3n) is 2.42. The number of halogens is 3. The highest BCUT2D eigenvalue weighted by molar-refractivity contribution is 7.89. The van der Waals surface area contributed by atoms with E-state index >= 15 is 0 Å². The number of nitrogens with one attached hydrogen (secondary N) is 1. The zero-order valence-corrected chi connectivity index (χ0v) is 14.0. The molecular weight excluding hydrogens is 342 g/mol. The van der Waals surface area contributed by atoms with Crippen molar-refractivity contribution in [3.05, 3.63) is 27.5 Å². The smallest absolute Gasteiger partial charge is 0.252 e. The van der Waals surface area contributed by atoms with Gasteiger partial charge in [0.25, 0.3) is 5.91 Å². The minimum Gasteiger partial charge on any atom is -0.351 e. The SMILES string of the molecule is CC(C)(C)CNC(=O)c1cc(F)c(Cl)c(S(N)(=O)=O)c1Cl. The maximum absolute atomic E-state index is 13.7. The van der Waals surface area contributed by atoms with E-state index in [0.29, 0.717) is 0 Å². The number of rotatable bonds is 3. The monoisotopic (exact) mass is 356 g/mol. The summed E-state index contributed by atoms with van der Waals surface area (Å²) in [5.41, 5.74) is -0.553. The predicted octanol–water partition coefficient (Wildman–Crippen LogP) is 2.56. The fraction of sp³-hybridized carbons (Fsp3) is 0.417. The topological polar surface area (TPSA) is 89.3 Å². The molecule has 0 fully saturated rings. The Kier molecular flexibility index (Phi) is 5.26. The van der Waals surface area contributed by atoms with Crippen molar-refractivity contribution in [1.29, 1.82) is 0 Å². The second-order valence-electron chi connectivity index (χ2n) is 5.65. The third-order valence-corrected chi connectivity index (χ3v) is 4.39. The molecule has 0 aliphatic rings. The molecule has 0 bridgehead atoms. The first-order valence-corrected chi connectivity index (χ1v) is 8.13. The number of sulfonamides is 1. The fourth-order valence-corrected chi connectivity index (χ4v) is 3.22. The lowest BCUT2D eigenvalue weighted by atomic mass is 9.97. The molecule has 1 rings (SSSR count). The summed E-state index contributed by atoms with van der Waals surface area (Å²) >= 11 is 11.4. The van der Waals surface area contributed by atoms with E-state index < -0.39 is 36.7 Å². The van der Waals surface area contributed by atoms with Crippen LogP contribution in [0, 0.1) is 11.2 Å². The van der Waals surface area contributed by atoms with E-state index in [9.17, 15) is 17.6 Å². The normalized spacial score (nSPS) is 12.3. The van der Waals surface area contributed by atoms with E-state index in [4.69, 9.17) is 28.3 Å². The minimum absolute atomic E-state index is 0.212. The van der Waals surface area contributed by atoms with Gasteiger partial charge in [0.2, 0.25) is 10.0 Å². The van der Waals surface area contributed by atoms with Crippen LogP contribution in [-0.2, 0) is 10.0 Å². The predicted molar refractivity (Wildman–Crippen MR) is 79.6 cm³/mol. The van der Waals surface area contributed by atoms with E-state index in [1.54, 1.807) is 0 Å². The number of carbonyl (C=O) groups is 1. The number of nitrogens with two attached hydrogens (primary N) is 1. The number of benzene rings is 1. The van der Waals surface area contributed by atoms with E-state index in [1.165, 1.54) is 0 Å². The highest BCUT2D eigenvalue weighted by Gasteiger charge is 2.27. The van der Waals surface area contributed by atoms with E-state index in [0.717, 1.165) is 6.07 Å². The van der Waals surface area contributed by atoms with Gasteiger partial charge in [-0.05, 0) is 11.5 Å². The largest absolute Gasteiger partial charge is 0.351 e. The molecule has 1 aromatic carbocycles. The second kappa shape index (κ2) is 6.08. The number of hydrogen-bond acceptors (Lipinski definition) is 3. The van der Waals surface area contributed by atoms with Gasteiger partial charge >= 0.3 is 0 Å². The fourth-order valence-electron chi connectivity index (χ4n) is 1.44. The number of carbonyl (C=O) groups excluding carboxylic acids is 1. The van der Waals surface area contributed by atoms with Gasteiger partial charge in [0.15, 0.2) is 0 Å². The molecule has 5 nitrogen and oxygen atoms in total. The van der Waals surface area contributed by atoms with Crippen molar-refractivity contribution in [1.82, 2.24) is 5.32 Å². The second-order valence-corrected chi connectivity index (χ2v) is 7.91. The highest BCUT2D eigenvalue weighted by Crippen LogP contribution is 2.33. The van der Waals surface area contributed by atoms with Gasteiger partial charge in [-0.15, -0.1) is 0 Å². The number of hydrogen-bond donors (Lipinski definition) is 2. The van der Waals surface area contributed by atoms with Crippen molar-refractivity contribution in [2.45, 2.75) is 25.7 Å². The minimum atomic E-state index is -4.37. The molecule has 0 unspecified atom stereocenters. The molecule has 0 aromatic heterocycles. The molecule has 0 heterocycles. The van der Waals surface area contributed by atoms with Gasteiger partial charge in [0.05, 0.1) is 15.6 Å². The zero-order chi connectivity index (χ0) is 16.6. The van der Waals surface area contributed by atoms with E-state index in [2.05, 4.69) is 5.32 Å². The Labute approximate surface area is 132 Å². The molecule has 1 amide bonds. The highest BCUT2D eigenvalue weighted by atomic mass is 35.5. The Hall–Kier alpha value is -0.890. The molecule has 0 aliphatic heterocycles. The van der Waals surface area contributed by atoms with Crippen LogP contribution in [0.5, 0.6) is 0 Å². The third kappa shape index (κ3) is 4.54. The van der Waals surface area contributed by atoms with Crippen molar-refractivity contribution >= 4 is 39.1 Å². The Morgan fingerprint density at radius 1 is 1.33 bits per heavy atom.